The number of aromatic amines is 1. The molecule has 0 amide bonds. The molecule has 2 heterocycles. The van der Waals surface area contributed by atoms with Crippen LogP contribution in [0.5, 0.6) is 0 Å². The molecule has 0 radical (unpaired) electrons. The number of nitrogens with zero attached hydrogens (tertiary/aromatic N) is 1. The Morgan fingerprint density at radius 2 is 1.54 bits per heavy atom. The SMILES string of the molecule is Cc1noc(NS(=O)(=O)c2ccc(Nc3ccc(C(=O)C(F)(F)F)c[nH+]3)cc2)c1C.O=C([O-])C(F)(F)F. The molecule has 17 heteroatoms. The van der Waals surface area contributed by atoms with Crippen molar-refractivity contribution in [3.8, 4) is 0 Å². The molecule has 2 aromatic heterocycles. The zero-order chi connectivity index (χ0) is 28.2. The van der Waals surface area contributed by atoms with E-state index in [4.69, 9.17) is 14.4 Å². The number of carbonyl (C=O) groups is 2. The molecule has 0 saturated heterocycles. The lowest BCUT2D eigenvalue weighted by atomic mass is 10.2. The average molecular weight is 554 g/mol. The van der Waals surface area contributed by atoms with Crippen molar-refractivity contribution >= 4 is 39.2 Å². The van der Waals surface area contributed by atoms with Crippen LogP contribution in [-0.2, 0) is 14.8 Å². The van der Waals surface area contributed by atoms with E-state index < -0.39 is 39.7 Å². The standard InChI is InChI=1S/C18H15F3N4O4S.C2HF3O2/c1-10-11(2)24-29-17(10)25-30(27,28)14-6-4-13(5-7-14)23-15-8-3-12(9-22-15)16(26)18(19,20)21;3-2(4,5)1(6)7/h3-9,25H,1-2H3,(H,22,23);(H,6,7). The fraction of sp³-hybridized carbons (Fsp3) is 0.200. The van der Waals surface area contributed by atoms with E-state index in [-0.39, 0.29) is 10.8 Å². The maximum Gasteiger partial charge on any atom is 0.455 e. The minimum Gasteiger partial charge on any atom is -0.542 e. The van der Waals surface area contributed by atoms with Crippen molar-refractivity contribution in [2.75, 3.05) is 10.0 Å². The van der Waals surface area contributed by atoms with E-state index in [0.29, 0.717) is 22.8 Å². The van der Waals surface area contributed by atoms with Gasteiger partial charge in [0.15, 0.2) is 0 Å². The first-order valence-electron chi connectivity index (χ1n) is 9.66. The van der Waals surface area contributed by atoms with Crippen LogP contribution in [0.1, 0.15) is 21.6 Å². The summed E-state index contributed by atoms with van der Waals surface area (Å²) >= 11 is 0. The number of nitrogens with one attached hydrogen (secondary N) is 3. The number of ketones is 1. The normalized spacial score (nSPS) is 11.8. The number of alkyl halides is 6. The first-order chi connectivity index (χ1) is 16.9. The molecular formula is C20H16F6N4O6S. The lowest BCUT2D eigenvalue weighted by Crippen LogP contribution is -2.37. The number of aliphatic carboxylic acids is 1. The van der Waals surface area contributed by atoms with Crippen LogP contribution in [0.4, 0.5) is 43.7 Å². The van der Waals surface area contributed by atoms with Crippen LogP contribution in [0.15, 0.2) is 52.0 Å². The fourth-order valence-electron chi connectivity index (χ4n) is 2.37. The van der Waals surface area contributed by atoms with Gasteiger partial charge in [0.2, 0.25) is 5.88 Å². The van der Waals surface area contributed by atoms with Crippen LogP contribution >= 0.6 is 0 Å². The smallest absolute Gasteiger partial charge is 0.455 e. The quantitative estimate of drug-likeness (QED) is 0.348. The van der Waals surface area contributed by atoms with Crippen molar-refractivity contribution < 1.29 is 59.0 Å². The van der Waals surface area contributed by atoms with Crippen molar-refractivity contribution in [2.24, 2.45) is 0 Å². The third-order valence-electron chi connectivity index (χ3n) is 4.39. The van der Waals surface area contributed by atoms with Crippen molar-refractivity contribution in [3.05, 3.63) is 59.4 Å². The number of aromatic nitrogens is 2. The monoisotopic (exact) mass is 554 g/mol. The molecule has 0 saturated carbocycles. The predicted molar refractivity (Wildman–Crippen MR) is 111 cm³/mol. The van der Waals surface area contributed by atoms with Gasteiger partial charge in [0.1, 0.15) is 11.7 Å². The zero-order valence-corrected chi connectivity index (χ0v) is 19.4. The second-order valence-corrected chi connectivity index (χ2v) is 8.76. The maximum absolute atomic E-state index is 12.5. The molecule has 0 aliphatic heterocycles. The van der Waals surface area contributed by atoms with Gasteiger partial charge in [-0.2, -0.15) is 26.3 Å². The number of rotatable bonds is 6. The molecule has 0 fully saturated rings. The summed E-state index contributed by atoms with van der Waals surface area (Å²) in [7, 11) is -3.90. The highest BCUT2D eigenvalue weighted by Crippen LogP contribution is 2.24. The first-order valence-corrected chi connectivity index (χ1v) is 11.1. The molecule has 0 atom stereocenters. The summed E-state index contributed by atoms with van der Waals surface area (Å²) in [6, 6.07) is 7.90. The van der Waals surface area contributed by atoms with Gasteiger partial charge in [-0.05, 0) is 44.2 Å². The van der Waals surface area contributed by atoms with Gasteiger partial charge in [-0.15, -0.1) is 0 Å². The minimum atomic E-state index is -5.19. The topological polar surface area (TPSA) is 156 Å². The summed E-state index contributed by atoms with van der Waals surface area (Å²) in [4.78, 5) is 22.5. The Morgan fingerprint density at radius 1 is 0.973 bits per heavy atom. The van der Waals surface area contributed by atoms with E-state index in [9.17, 15) is 39.6 Å². The third-order valence-corrected chi connectivity index (χ3v) is 5.74. The number of hydrogen-bond donors (Lipinski definition) is 2. The van der Waals surface area contributed by atoms with E-state index in [2.05, 4.69) is 20.2 Å². The molecule has 0 aliphatic rings. The van der Waals surface area contributed by atoms with Crippen molar-refractivity contribution in [3.63, 3.8) is 0 Å². The highest BCUT2D eigenvalue weighted by Gasteiger charge is 2.39. The number of anilines is 3. The summed E-state index contributed by atoms with van der Waals surface area (Å²) in [5.41, 5.74) is 1.07. The second-order valence-electron chi connectivity index (χ2n) is 7.08. The second kappa shape index (κ2) is 10.9. The molecule has 1 aromatic carbocycles. The van der Waals surface area contributed by atoms with Crippen molar-refractivity contribution in [1.29, 1.82) is 0 Å². The van der Waals surface area contributed by atoms with Gasteiger partial charge < -0.3 is 14.4 Å². The van der Waals surface area contributed by atoms with Crippen LogP contribution in [0, 0.1) is 13.8 Å². The lowest BCUT2D eigenvalue weighted by Gasteiger charge is -2.06. The average Bonchev–Trinajstić information content (AvgIpc) is 3.10. The predicted octanol–water partition coefficient (Wildman–Crippen LogP) is 2.69. The van der Waals surface area contributed by atoms with Gasteiger partial charge in [0.25, 0.3) is 21.6 Å². The zero-order valence-electron chi connectivity index (χ0n) is 18.6. The molecule has 10 nitrogen and oxygen atoms in total. The summed E-state index contributed by atoms with van der Waals surface area (Å²) in [6.45, 7) is 3.35. The number of H-pyrrole nitrogens is 1. The van der Waals surface area contributed by atoms with Crippen molar-refractivity contribution in [2.45, 2.75) is 31.1 Å². The largest absolute Gasteiger partial charge is 0.542 e. The van der Waals surface area contributed by atoms with Gasteiger partial charge >= 0.3 is 12.4 Å². The van der Waals surface area contributed by atoms with Crippen LogP contribution in [0.2, 0.25) is 0 Å². The number of hydrogen-bond acceptors (Lipinski definition) is 8. The van der Waals surface area contributed by atoms with Crippen molar-refractivity contribution in [1.82, 2.24) is 5.16 Å². The molecule has 3 N–H and O–H groups in total. The van der Waals surface area contributed by atoms with Crippen LogP contribution in [0.3, 0.4) is 0 Å². The van der Waals surface area contributed by atoms with E-state index >= 15 is 0 Å². The number of halogens is 6. The molecule has 0 spiro atoms. The third kappa shape index (κ3) is 7.92. The summed E-state index contributed by atoms with van der Waals surface area (Å²) in [5, 5.41) is 15.3. The fourth-order valence-corrected chi connectivity index (χ4v) is 3.42. The first kappa shape index (κ1) is 29.1. The summed E-state index contributed by atoms with van der Waals surface area (Å²) < 4.78 is 101. The number of carboxylic acid groups (broad SMARTS) is 1. The van der Waals surface area contributed by atoms with E-state index in [1.54, 1.807) is 13.8 Å². The number of Topliss-reactive ketones (excluding diaryl/α,β-unsaturated/α-hetero) is 1. The number of aryl methyl sites for hydroxylation is 1. The number of benzene rings is 1. The number of carboxylic acids is 1. The molecule has 0 unspecified atom stereocenters. The Hall–Kier alpha value is -4.15. The lowest BCUT2D eigenvalue weighted by molar-refractivity contribution is -0.361. The van der Waals surface area contributed by atoms with E-state index in [0.717, 1.165) is 12.3 Å². The molecule has 3 rings (SSSR count). The van der Waals surface area contributed by atoms with Crippen LogP contribution < -0.4 is 20.1 Å². The Morgan fingerprint density at radius 3 is 1.95 bits per heavy atom. The Bertz CT molecular complexity index is 1370. The molecule has 37 heavy (non-hydrogen) atoms. The minimum absolute atomic E-state index is 0.0257. The summed E-state index contributed by atoms with van der Waals surface area (Å²) in [5.74, 6) is -4.63. The molecule has 0 bridgehead atoms. The molecule has 0 aliphatic carbocycles. The maximum atomic E-state index is 12.5. The summed E-state index contributed by atoms with van der Waals surface area (Å²) in [6.07, 6.45) is -9.22. The van der Waals surface area contributed by atoms with Gasteiger partial charge in [-0.3, -0.25) is 4.79 Å². The van der Waals surface area contributed by atoms with Gasteiger partial charge in [0.05, 0.1) is 22.3 Å². The van der Waals surface area contributed by atoms with E-state index in [1.165, 1.54) is 30.3 Å². The van der Waals surface area contributed by atoms with Gasteiger partial charge in [0, 0.05) is 11.6 Å². The number of sulfonamides is 1. The Kier molecular flexibility index (Phi) is 8.53. The Balaban J connectivity index is 0.000000604. The highest BCUT2D eigenvalue weighted by atomic mass is 32.2. The van der Waals surface area contributed by atoms with Crippen LogP contribution in [-0.4, -0.2) is 37.7 Å². The van der Waals surface area contributed by atoms with E-state index in [1.807, 2.05) is 0 Å². The van der Waals surface area contributed by atoms with Crippen LogP contribution in [0.25, 0.3) is 0 Å². The highest BCUT2D eigenvalue weighted by molar-refractivity contribution is 7.92. The molecule has 3 aromatic rings. The number of pyridine rings is 1. The van der Waals surface area contributed by atoms with Gasteiger partial charge in [-0.1, -0.05) is 5.16 Å². The van der Waals surface area contributed by atoms with Gasteiger partial charge in [-0.25, -0.2) is 23.4 Å². The number of carbonyl (C=O) groups excluding carboxylic acids is 2. The molecule has 200 valence electrons. The Labute approximate surface area is 204 Å². The molecular weight excluding hydrogens is 538 g/mol.